The summed E-state index contributed by atoms with van der Waals surface area (Å²) < 4.78 is 5.49. The molecule has 2 rings (SSSR count). The predicted octanol–water partition coefficient (Wildman–Crippen LogP) is 3.44. The van der Waals surface area contributed by atoms with Crippen LogP contribution in [-0.4, -0.2) is 21.4 Å². The number of aryl methyl sites for hydroxylation is 1. The van der Waals surface area contributed by atoms with Crippen molar-refractivity contribution in [3.05, 3.63) is 61.7 Å². The van der Waals surface area contributed by atoms with Crippen LogP contribution in [0.1, 0.15) is 25.0 Å². The number of non-ortho nitro benzene ring substituents is 1. The molecule has 1 aromatic carbocycles. The van der Waals surface area contributed by atoms with E-state index in [4.69, 9.17) is 10.5 Å². The molecule has 134 valence electrons. The standard InChI is InChI=1S/C14H14N4O5.C2H6/c1-9-8-12(18(21)22)13(15)16-14(9)23-7-6-10-2-4-11(5-3-10)17(19)20;1-2/h2-5,8H,6-7H2,1H3,(H2,15,16);1-2H3. The van der Waals surface area contributed by atoms with E-state index in [1.807, 2.05) is 13.8 Å². The first-order valence-electron chi connectivity index (χ1n) is 7.66. The molecule has 1 aromatic heterocycles. The highest BCUT2D eigenvalue weighted by molar-refractivity contribution is 5.56. The minimum absolute atomic E-state index is 0.0234. The molecule has 1 heterocycles. The highest BCUT2D eigenvalue weighted by atomic mass is 16.6. The summed E-state index contributed by atoms with van der Waals surface area (Å²) in [5.41, 5.74) is 6.66. The lowest BCUT2D eigenvalue weighted by Crippen LogP contribution is -2.07. The van der Waals surface area contributed by atoms with E-state index in [9.17, 15) is 20.2 Å². The molecule has 0 saturated heterocycles. The number of anilines is 1. The van der Waals surface area contributed by atoms with Crippen molar-refractivity contribution in [2.24, 2.45) is 0 Å². The summed E-state index contributed by atoms with van der Waals surface area (Å²) in [6, 6.07) is 7.44. The van der Waals surface area contributed by atoms with Gasteiger partial charge in [-0.3, -0.25) is 20.2 Å². The van der Waals surface area contributed by atoms with Gasteiger partial charge in [-0.1, -0.05) is 26.0 Å². The number of rotatable bonds is 6. The Morgan fingerprint density at radius 1 is 1.12 bits per heavy atom. The Hall–Kier alpha value is -3.23. The fourth-order valence-electron chi connectivity index (χ4n) is 1.94. The largest absolute Gasteiger partial charge is 0.477 e. The summed E-state index contributed by atoms with van der Waals surface area (Å²) >= 11 is 0. The number of pyridine rings is 1. The van der Waals surface area contributed by atoms with Crippen LogP contribution >= 0.6 is 0 Å². The summed E-state index contributed by atoms with van der Waals surface area (Å²) in [5.74, 6) is 0.0287. The van der Waals surface area contributed by atoms with E-state index >= 15 is 0 Å². The number of hydrogen-bond acceptors (Lipinski definition) is 7. The molecule has 25 heavy (non-hydrogen) atoms. The van der Waals surface area contributed by atoms with Gasteiger partial charge < -0.3 is 10.5 Å². The lowest BCUT2D eigenvalue weighted by atomic mass is 10.1. The lowest BCUT2D eigenvalue weighted by Gasteiger charge is -2.09. The van der Waals surface area contributed by atoms with Crippen molar-refractivity contribution < 1.29 is 14.6 Å². The molecule has 0 aliphatic heterocycles. The molecule has 0 aliphatic rings. The van der Waals surface area contributed by atoms with E-state index < -0.39 is 9.85 Å². The SMILES string of the molecule is CC.Cc1cc([N+](=O)[O-])c(N)nc1OCCc1ccc([N+](=O)[O-])cc1. The molecule has 0 aliphatic carbocycles. The van der Waals surface area contributed by atoms with Crippen molar-refractivity contribution in [3.8, 4) is 5.88 Å². The van der Waals surface area contributed by atoms with E-state index in [1.54, 1.807) is 19.1 Å². The maximum absolute atomic E-state index is 10.8. The predicted molar refractivity (Wildman–Crippen MR) is 93.7 cm³/mol. The Bertz CT molecular complexity index is 747. The van der Waals surface area contributed by atoms with Crippen LogP contribution in [0.15, 0.2) is 30.3 Å². The van der Waals surface area contributed by atoms with Crippen molar-refractivity contribution in [1.29, 1.82) is 0 Å². The fraction of sp³-hybridized carbons (Fsp3) is 0.312. The van der Waals surface area contributed by atoms with Gasteiger partial charge in [-0.25, -0.2) is 0 Å². The number of ether oxygens (including phenoxy) is 1. The molecule has 0 saturated carbocycles. The number of nitro benzene ring substituents is 1. The second kappa shape index (κ2) is 9.16. The van der Waals surface area contributed by atoms with Crippen LogP contribution in [0.2, 0.25) is 0 Å². The van der Waals surface area contributed by atoms with Gasteiger partial charge in [-0.2, -0.15) is 4.98 Å². The summed E-state index contributed by atoms with van der Waals surface area (Å²) in [5, 5.41) is 21.3. The number of aromatic nitrogens is 1. The van der Waals surface area contributed by atoms with Gasteiger partial charge in [-0.15, -0.1) is 0 Å². The second-order valence-corrected chi connectivity index (χ2v) is 4.79. The van der Waals surface area contributed by atoms with Crippen LogP contribution in [0.5, 0.6) is 5.88 Å². The molecule has 0 spiro atoms. The minimum atomic E-state index is -0.601. The molecule has 9 nitrogen and oxygen atoms in total. The summed E-state index contributed by atoms with van der Waals surface area (Å²) in [4.78, 5) is 24.1. The highest BCUT2D eigenvalue weighted by Gasteiger charge is 2.16. The molecule has 0 unspecified atom stereocenters. The first-order chi connectivity index (χ1) is 11.9. The third-order valence-electron chi connectivity index (χ3n) is 3.15. The van der Waals surface area contributed by atoms with Gasteiger partial charge in [-0.05, 0) is 12.5 Å². The molecule has 2 N–H and O–H groups in total. The monoisotopic (exact) mass is 348 g/mol. The zero-order chi connectivity index (χ0) is 19.0. The maximum atomic E-state index is 10.8. The molecule has 0 fully saturated rings. The summed E-state index contributed by atoms with van der Waals surface area (Å²) in [6.45, 7) is 5.91. The van der Waals surface area contributed by atoms with Crippen molar-refractivity contribution in [3.63, 3.8) is 0 Å². The Morgan fingerprint density at radius 3 is 2.24 bits per heavy atom. The van der Waals surface area contributed by atoms with Crippen molar-refractivity contribution in [2.75, 3.05) is 12.3 Å². The van der Waals surface area contributed by atoms with Gasteiger partial charge in [0, 0.05) is 30.2 Å². The van der Waals surface area contributed by atoms with Crippen molar-refractivity contribution in [1.82, 2.24) is 4.98 Å². The average Bonchev–Trinajstić information content (AvgIpc) is 2.59. The molecular weight excluding hydrogens is 328 g/mol. The Labute approximate surface area is 144 Å². The van der Waals surface area contributed by atoms with E-state index in [0.717, 1.165) is 5.56 Å². The van der Waals surface area contributed by atoms with Crippen molar-refractivity contribution >= 4 is 17.2 Å². The number of nitrogens with two attached hydrogens (primary N) is 1. The van der Waals surface area contributed by atoms with E-state index in [1.165, 1.54) is 18.2 Å². The van der Waals surface area contributed by atoms with Crippen LogP contribution in [0, 0.1) is 27.2 Å². The lowest BCUT2D eigenvalue weighted by molar-refractivity contribution is -0.384. The van der Waals surface area contributed by atoms with Gasteiger partial charge in [0.1, 0.15) is 0 Å². The molecule has 0 amide bonds. The maximum Gasteiger partial charge on any atom is 0.311 e. The smallest absolute Gasteiger partial charge is 0.311 e. The molecular formula is C16H20N4O5. The van der Waals surface area contributed by atoms with Crippen LogP contribution in [0.3, 0.4) is 0 Å². The topological polar surface area (TPSA) is 134 Å². The van der Waals surface area contributed by atoms with Gasteiger partial charge >= 0.3 is 5.69 Å². The van der Waals surface area contributed by atoms with E-state index in [0.29, 0.717) is 12.0 Å². The van der Waals surface area contributed by atoms with Gasteiger partial charge in [0.25, 0.3) is 5.69 Å². The second-order valence-electron chi connectivity index (χ2n) is 4.79. The third-order valence-corrected chi connectivity index (χ3v) is 3.15. The quantitative estimate of drug-likeness (QED) is 0.624. The highest BCUT2D eigenvalue weighted by Crippen LogP contribution is 2.26. The number of benzene rings is 1. The molecule has 0 atom stereocenters. The first-order valence-corrected chi connectivity index (χ1v) is 7.66. The molecule has 2 aromatic rings. The van der Waals surface area contributed by atoms with E-state index in [-0.39, 0.29) is 29.7 Å². The van der Waals surface area contributed by atoms with Crippen LogP contribution < -0.4 is 10.5 Å². The minimum Gasteiger partial charge on any atom is -0.477 e. The van der Waals surface area contributed by atoms with Gasteiger partial charge in [0.05, 0.1) is 16.5 Å². The molecule has 0 bridgehead atoms. The summed E-state index contributed by atoms with van der Waals surface area (Å²) in [7, 11) is 0. The first kappa shape index (κ1) is 19.8. The third kappa shape index (κ3) is 5.41. The zero-order valence-electron chi connectivity index (χ0n) is 14.3. The summed E-state index contributed by atoms with van der Waals surface area (Å²) in [6.07, 6.45) is 0.510. The number of hydrogen-bond donors (Lipinski definition) is 1. The van der Waals surface area contributed by atoms with Crippen LogP contribution in [0.4, 0.5) is 17.2 Å². The number of nitrogens with zero attached hydrogens (tertiary/aromatic N) is 3. The number of nitrogen functional groups attached to an aromatic ring is 1. The molecule has 0 radical (unpaired) electrons. The Kier molecular flexibility index (Phi) is 7.26. The fourth-order valence-corrected chi connectivity index (χ4v) is 1.94. The normalized spacial score (nSPS) is 9.72. The Morgan fingerprint density at radius 2 is 1.72 bits per heavy atom. The zero-order valence-corrected chi connectivity index (χ0v) is 14.3. The van der Waals surface area contributed by atoms with Crippen LogP contribution in [-0.2, 0) is 6.42 Å². The van der Waals surface area contributed by atoms with E-state index in [2.05, 4.69) is 4.98 Å². The number of nitro groups is 2. The van der Waals surface area contributed by atoms with Gasteiger partial charge in [0.15, 0.2) is 0 Å². The van der Waals surface area contributed by atoms with Gasteiger partial charge in [0.2, 0.25) is 11.7 Å². The van der Waals surface area contributed by atoms with Crippen LogP contribution in [0.25, 0.3) is 0 Å². The average molecular weight is 348 g/mol. The Balaban J connectivity index is 0.00000151. The molecule has 9 heteroatoms. The van der Waals surface area contributed by atoms with Crippen molar-refractivity contribution in [2.45, 2.75) is 27.2 Å².